The number of hydrogen-bond acceptors (Lipinski definition) is 4. The van der Waals surface area contributed by atoms with Gasteiger partial charge in [0.05, 0.1) is 26.5 Å². The Hall–Kier alpha value is -1.87. The Bertz CT molecular complexity index is 933. The SMILES string of the molecule is CC(F)(F)c1cc(Cc2nc3ccc(C(F)(F)F)cc3s2)nc(Cl)n1. The molecule has 0 fully saturated rings. The van der Waals surface area contributed by atoms with Gasteiger partial charge in [0.1, 0.15) is 5.69 Å². The van der Waals surface area contributed by atoms with Crippen LogP contribution < -0.4 is 0 Å². The van der Waals surface area contributed by atoms with Gasteiger partial charge in [-0.15, -0.1) is 11.3 Å². The summed E-state index contributed by atoms with van der Waals surface area (Å²) in [5.74, 6) is -3.18. The third-order valence-corrected chi connectivity index (χ3v) is 4.48. The van der Waals surface area contributed by atoms with Crippen molar-refractivity contribution in [3.8, 4) is 0 Å². The van der Waals surface area contributed by atoms with Crippen LogP contribution in [0, 0.1) is 0 Å². The standard InChI is InChI=1S/C15H9ClF5N3S/c1-14(17,18)11-5-8(22-13(16)24-11)6-12-23-9-3-2-7(15(19,20)21)4-10(9)25-12/h2-5H,6H2,1H3. The molecule has 0 bridgehead atoms. The lowest BCUT2D eigenvalue weighted by atomic mass is 10.2. The van der Waals surface area contributed by atoms with E-state index >= 15 is 0 Å². The molecule has 3 nitrogen and oxygen atoms in total. The van der Waals surface area contributed by atoms with Crippen molar-refractivity contribution in [1.82, 2.24) is 15.0 Å². The molecule has 3 rings (SSSR count). The van der Waals surface area contributed by atoms with Crippen LogP contribution >= 0.6 is 22.9 Å². The number of thiazole rings is 1. The summed E-state index contributed by atoms with van der Waals surface area (Å²) in [5, 5.41) is 0.115. The van der Waals surface area contributed by atoms with Gasteiger partial charge >= 0.3 is 6.18 Å². The van der Waals surface area contributed by atoms with Crippen LogP contribution in [0.25, 0.3) is 10.2 Å². The Kier molecular flexibility index (Phi) is 4.40. The molecule has 0 unspecified atom stereocenters. The number of aromatic nitrogens is 3. The molecule has 10 heteroatoms. The molecular weight excluding hydrogens is 385 g/mol. The summed E-state index contributed by atoms with van der Waals surface area (Å²) in [6.07, 6.45) is -4.38. The van der Waals surface area contributed by atoms with Crippen molar-refractivity contribution >= 4 is 33.2 Å². The van der Waals surface area contributed by atoms with E-state index in [1.165, 1.54) is 6.07 Å². The fourth-order valence-electron chi connectivity index (χ4n) is 2.16. The van der Waals surface area contributed by atoms with E-state index in [9.17, 15) is 22.0 Å². The maximum absolute atomic E-state index is 13.4. The van der Waals surface area contributed by atoms with Gasteiger partial charge in [-0.3, -0.25) is 0 Å². The maximum Gasteiger partial charge on any atom is 0.416 e. The largest absolute Gasteiger partial charge is 0.416 e. The fraction of sp³-hybridized carbons (Fsp3) is 0.267. The zero-order chi connectivity index (χ0) is 18.4. The van der Waals surface area contributed by atoms with E-state index in [1.807, 2.05) is 0 Å². The number of halogens is 6. The van der Waals surface area contributed by atoms with Crippen LogP contribution in [0.2, 0.25) is 5.28 Å². The monoisotopic (exact) mass is 393 g/mol. The van der Waals surface area contributed by atoms with Gasteiger partial charge in [0, 0.05) is 13.3 Å². The fourth-order valence-corrected chi connectivity index (χ4v) is 3.38. The molecule has 0 aliphatic heterocycles. The highest BCUT2D eigenvalue weighted by molar-refractivity contribution is 7.18. The van der Waals surface area contributed by atoms with Crippen molar-refractivity contribution in [3.05, 3.63) is 51.5 Å². The normalized spacial score (nSPS) is 12.8. The Balaban J connectivity index is 1.95. The Morgan fingerprint density at radius 1 is 1.04 bits per heavy atom. The van der Waals surface area contributed by atoms with Crippen LogP contribution in [0.1, 0.15) is 28.9 Å². The van der Waals surface area contributed by atoms with Gasteiger partial charge in [0.2, 0.25) is 5.28 Å². The molecule has 3 aromatic rings. The summed E-state index contributed by atoms with van der Waals surface area (Å²) in [4.78, 5) is 11.6. The maximum atomic E-state index is 13.4. The van der Waals surface area contributed by atoms with Crippen molar-refractivity contribution < 1.29 is 22.0 Å². The molecule has 132 valence electrons. The molecule has 0 atom stereocenters. The van der Waals surface area contributed by atoms with E-state index < -0.39 is 23.4 Å². The average molecular weight is 394 g/mol. The zero-order valence-corrected chi connectivity index (χ0v) is 14.1. The second-order valence-corrected chi connectivity index (χ2v) is 6.82. The molecule has 0 aliphatic rings. The molecule has 0 amide bonds. The van der Waals surface area contributed by atoms with E-state index in [-0.39, 0.29) is 17.4 Å². The Morgan fingerprint density at radius 3 is 2.40 bits per heavy atom. The van der Waals surface area contributed by atoms with Gasteiger partial charge in [-0.1, -0.05) is 0 Å². The number of nitrogens with zero attached hydrogens (tertiary/aromatic N) is 3. The van der Waals surface area contributed by atoms with Crippen LogP contribution in [0.15, 0.2) is 24.3 Å². The van der Waals surface area contributed by atoms with Crippen molar-refractivity contribution in [3.63, 3.8) is 0 Å². The Morgan fingerprint density at radius 2 is 1.76 bits per heavy atom. The molecular formula is C15H9ClF5N3S. The molecule has 2 heterocycles. The topological polar surface area (TPSA) is 38.7 Å². The summed E-state index contributed by atoms with van der Waals surface area (Å²) in [6.45, 7) is 0.686. The molecule has 0 aliphatic carbocycles. The second kappa shape index (κ2) is 6.14. The van der Waals surface area contributed by atoms with Crippen LogP contribution in [-0.2, 0) is 18.5 Å². The van der Waals surface area contributed by atoms with Gasteiger partial charge < -0.3 is 0 Å². The van der Waals surface area contributed by atoms with Crippen molar-refractivity contribution in [2.24, 2.45) is 0 Å². The molecule has 0 spiro atoms. The van der Waals surface area contributed by atoms with Crippen molar-refractivity contribution in [2.75, 3.05) is 0 Å². The van der Waals surface area contributed by atoms with Crippen LogP contribution in [-0.4, -0.2) is 15.0 Å². The van der Waals surface area contributed by atoms with E-state index in [0.717, 1.165) is 29.5 Å². The lowest BCUT2D eigenvalue weighted by molar-refractivity contribution is -0.137. The first-order valence-electron chi connectivity index (χ1n) is 6.91. The van der Waals surface area contributed by atoms with E-state index in [4.69, 9.17) is 11.6 Å². The first-order chi connectivity index (χ1) is 11.5. The third kappa shape index (κ3) is 4.04. The lowest BCUT2D eigenvalue weighted by Gasteiger charge is -2.10. The van der Waals surface area contributed by atoms with Crippen molar-refractivity contribution in [2.45, 2.75) is 25.4 Å². The average Bonchev–Trinajstić information content (AvgIpc) is 2.85. The number of alkyl halides is 5. The van der Waals surface area contributed by atoms with Gasteiger partial charge in [-0.05, 0) is 35.9 Å². The number of fused-ring (bicyclic) bond motifs is 1. The van der Waals surface area contributed by atoms with Gasteiger partial charge in [0.15, 0.2) is 0 Å². The van der Waals surface area contributed by atoms with Crippen LogP contribution in [0.3, 0.4) is 0 Å². The van der Waals surface area contributed by atoms with E-state index in [1.54, 1.807) is 0 Å². The minimum absolute atomic E-state index is 0.0615. The first kappa shape index (κ1) is 17.9. The van der Waals surface area contributed by atoms with Crippen molar-refractivity contribution in [1.29, 1.82) is 0 Å². The molecule has 0 radical (unpaired) electrons. The molecule has 0 saturated heterocycles. The lowest BCUT2D eigenvalue weighted by Crippen LogP contribution is -2.11. The van der Waals surface area contributed by atoms with Crippen LogP contribution in [0.4, 0.5) is 22.0 Å². The predicted molar refractivity (Wildman–Crippen MR) is 84.0 cm³/mol. The molecule has 25 heavy (non-hydrogen) atoms. The summed E-state index contributed by atoms with van der Waals surface area (Å²) in [5.41, 5.74) is -0.683. The number of hydrogen-bond donors (Lipinski definition) is 0. The molecule has 0 N–H and O–H groups in total. The highest BCUT2D eigenvalue weighted by Crippen LogP contribution is 2.34. The summed E-state index contributed by atoms with van der Waals surface area (Å²) >= 11 is 6.71. The Labute approximate surface area is 147 Å². The number of rotatable bonds is 3. The molecule has 1 aromatic carbocycles. The predicted octanol–water partition coefficient (Wildman–Crippen LogP) is 5.46. The highest BCUT2D eigenvalue weighted by Gasteiger charge is 2.31. The van der Waals surface area contributed by atoms with E-state index in [2.05, 4.69) is 15.0 Å². The highest BCUT2D eigenvalue weighted by atomic mass is 35.5. The minimum atomic E-state index is -4.44. The van der Waals surface area contributed by atoms with Gasteiger partial charge in [-0.2, -0.15) is 22.0 Å². The zero-order valence-electron chi connectivity index (χ0n) is 12.5. The smallest absolute Gasteiger partial charge is 0.241 e. The number of benzene rings is 1. The van der Waals surface area contributed by atoms with E-state index in [0.29, 0.717) is 22.1 Å². The molecule has 0 saturated carbocycles. The second-order valence-electron chi connectivity index (χ2n) is 5.37. The quantitative estimate of drug-likeness (QED) is 0.438. The van der Waals surface area contributed by atoms with Gasteiger partial charge in [-0.25, -0.2) is 15.0 Å². The van der Waals surface area contributed by atoms with Crippen LogP contribution in [0.5, 0.6) is 0 Å². The van der Waals surface area contributed by atoms with Gasteiger partial charge in [0.25, 0.3) is 5.92 Å². The molecule has 2 aromatic heterocycles. The summed E-state index contributed by atoms with van der Waals surface area (Å²) in [7, 11) is 0. The summed E-state index contributed by atoms with van der Waals surface area (Å²) < 4.78 is 65.4. The summed E-state index contributed by atoms with van der Waals surface area (Å²) in [6, 6.07) is 4.34. The third-order valence-electron chi connectivity index (χ3n) is 3.29. The first-order valence-corrected chi connectivity index (χ1v) is 8.10. The minimum Gasteiger partial charge on any atom is -0.241 e.